The number of nitrogens with zero attached hydrogens (tertiary/aromatic N) is 1. The minimum atomic E-state index is -4.05. The molecule has 8 heteroatoms. The second kappa shape index (κ2) is 7.35. The standard InChI is InChI=1S/C23H23ClN2O4S/c24-31(28,29)26-20-15-22-11-4-5-12-23(22,30-20)13-10-16-8-9-18(14-19(16)22)25-21(27)17-6-2-1-3-7-17/h1-3,6-9,14H,4-5,10-13,15H2,(H,25,27)/t22-,23+/m0/s1. The maximum Gasteiger partial charge on any atom is 0.342 e. The Bertz CT molecular complexity index is 1180. The number of rotatable bonds is 3. The van der Waals surface area contributed by atoms with Crippen molar-refractivity contribution in [1.82, 2.24) is 0 Å². The van der Waals surface area contributed by atoms with E-state index >= 15 is 0 Å². The van der Waals surface area contributed by atoms with Gasteiger partial charge in [0.15, 0.2) is 0 Å². The van der Waals surface area contributed by atoms with Crippen LogP contribution in [0.25, 0.3) is 0 Å². The number of halogens is 1. The molecule has 0 spiro atoms. The fourth-order valence-corrected chi connectivity index (χ4v) is 6.31. The van der Waals surface area contributed by atoms with Crippen LogP contribution in [0.1, 0.15) is 60.0 Å². The van der Waals surface area contributed by atoms with Gasteiger partial charge in [-0.2, -0.15) is 8.42 Å². The quantitative estimate of drug-likeness (QED) is 0.673. The Morgan fingerprint density at radius 1 is 1.06 bits per heavy atom. The number of hydrogen-bond donors (Lipinski definition) is 1. The SMILES string of the molecule is O=C(Nc1ccc2c(c1)[C@@]13CCCC[C@]1(CC2)OC(=NS(=O)(=O)Cl)C3)c1ccccc1. The minimum Gasteiger partial charge on any atom is -0.473 e. The number of anilines is 1. The Labute approximate surface area is 186 Å². The second-order valence-electron chi connectivity index (χ2n) is 8.65. The van der Waals surface area contributed by atoms with E-state index < -0.39 is 14.8 Å². The molecular weight excluding hydrogens is 436 g/mol. The van der Waals surface area contributed by atoms with Crippen molar-refractivity contribution in [2.45, 2.75) is 56.0 Å². The highest BCUT2D eigenvalue weighted by molar-refractivity contribution is 8.12. The van der Waals surface area contributed by atoms with Crippen molar-refractivity contribution in [3.8, 4) is 0 Å². The topological polar surface area (TPSA) is 84.8 Å². The first-order valence-electron chi connectivity index (χ1n) is 10.5. The van der Waals surface area contributed by atoms with Crippen molar-refractivity contribution < 1.29 is 17.9 Å². The summed E-state index contributed by atoms with van der Waals surface area (Å²) in [5, 5.41) is 3.00. The minimum absolute atomic E-state index is 0.165. The molecule has 1 heterocycles. The first kappa shape index (κ1) is 20.5. The third kappa shape index (κ3) is 3.53. The van der Waals surface area contributed by atoms with E-state index in [9.17, 15) is 13.2 Å². The Kier molecular flexibility index (Phi) is 4.86. The maximum absolute atomic E-state index is 12.7. The largest absolute Gasteiger partial charge is 0.473 e. The monoisotopic (exact) mass is 458 g/mol. The third-order valence-electron chi connectivity index (χ3n) is 7.00. The van der Waals surface area contributed by atoms with Gasteiger partial charge in [-0.15, -0.1) is 4.40 Å². The zero-order valence-corrected chi connectivity index (χ0v) is 18.5. The van der Waals surface area contributed by atoms with Crippen LogP contribution >= 0.6 is 10.7 Å². The van der Waals surface area contributed by atoms with E-state index in [2.05, 4.69) is 15.8 Å². The maximum atomic E-state index is 12.7. The van der Waals surface area contributed by atoms with E-state index in [1.807, 2.05) is 30.3 Å². The normalized spacial score (nSPS) is 28.2. The summed E-state index contributed by atoms with van der Waals surface area (Å²) in [5.74, 6) is 0.0328. The molecule has 162 valence electrons. The van der Waals surface area contributed by atoms with E-state index in [-0.39, 0.29) is 17.2 Å². The van der Waals surface area contributed by atoms with E-state index in [1.165, 1.54) is 5.56 Å². The van der Waals surface area contributed by atoms with E-state index in [0.29, 0.717) is 12.0 Å². The number of carbonyl (C=O) groups is 1. The van der Waals surface area contributed by atoms with Crippen LogP contribution < -0.4 is 5.32 Å². The fraction of sp³-hybridized carbons (Fsp3) is 0.391. The first-order valence-corrected chi connectivity index (χ1v) is 12.8. The van der Waals surface area contributed by atoms with Gasteiger partial charge >= 0.3 is 9.24 Å². The summed E-state index contributed by atoms with van der Waals surface area (Å²) in [6.07, 6.45) is 5.87. The third-order valence-corrected chi connectivity index (χ3v) is 7.63. The number of ether oxygens (including phenoxy) is 1. The molecule has 2 aromatic rings. The van der Waals surface area contributed by atoms with Crippen LogP contribution in [0.15, 0.2) is 52.9 Å². The average Bonchev–Trinajstić information content (AvgIpc) is 3.07. The highest BCUT2D eigenvalue weighted by atomic mass is 35.7. The van der Waals surface area contributed by atoms with Crippen molar-refractivity contribution >= 4 is 37.4 Å². The van der Waals surface area contributed by atoms with Crippen LogP contribution in [0.2, 0.25) is 0 Å². The van der Waals surface area contributed by atoms with Gasteiger partial charge in [-0.25, -0.2) is 0 Å². The molecule has 0 radical (unpaired) electrons. The molecule has 1 N–H and O–H groups in total. The van der Waals surface area contributed by atoms with Crippen molar-refractivity contribution in [2.75, 3.05) is 5.32 Å². The first-order chi connectivity index (χ1) is 14.8. The summed E-state index contributed by atoms with van der Waals surface area (Å²) in [6, 6.07) is 15.1. The van der Waals surface area contributed by atoms with Gasteiger partial charge in [-0.3, -0.25) is 4.79 Å². The molecular formula is C23H23ClN2O4S. The van der Waals surface area contributed by atoms with Gasteiger partial charge < -0.3 is 10.1 Å². The lowest BCUT2D eigenvalue weighted by molar-refractivity contribution is -0.0324. The molecule has 2 aromatic carbocycles. The van der Waals surface area contributed by atoms with Crippen LogP contribution in [0, 0.1) is 0 Å². The number of benzene rings is 2. The lowest BCUT2D eigenvalue weighted by atomic mass is 9.54. The van der Waals surface area contributed by atoms with Gasteiger partial charge in [0, 0.05) is 33.8 Å². The van der Waals surface area contributed by atoms with Crippen molar-refractivity contribution in [2.24, 2.45) is 4.40 Å². The molecule has 3 aliphatic rings. The number of hydrogen-bond acceptors (Lipinski definition) is 4. The van der Waals surface area contributed by atoms with Crippen LogP contribution in [-0.4, -0.2) is 25.8 Å². The molecule has 0 aromatic heterocycles. The van der Waals surface area contributed by atoms with Crippen LogP contribution in [0.4, 0.5) is 5.69 Å². The van der Waals surface area contributed by atoms with Crippen molar-refractivity contribution in [1.29, 1.82) is 0 Å². The molecule has 2 atom stereocenters. The zero-order chi connectivity index (χ0) is 21.7. The summed E-state index contributed by atoms with van der Waals surface area (Å²) in [6.45, 7) is 0. The van der Waals surface area contributed by atoms with Gasteiger partial charge in [-0.05, 0) is 67.5 Å². The molecule has 2 aliphatic carbocycles. The van der Waals surface area contributed by atoms with E-state index in [1.54, 1.807) is 12.1 Å². The summed E-state index contributed by atoms with van der Waals surface area (Å²) < 4.78 is 33.2. The second-order valence-corrected chi connectivity index (χ2v) is 10.8. The summed E-state index contributed by atoms with van der Waals surface area (Å²) in [5.41, 5.74) is 2.83. The Morgan fingerprint density at radius 3 is 2.61 bits per heavy atom. The number of amides is 1. The molecule has 0 unspecified atom stereocenters. The van der Waals surface area contributed by atoms with Gasteiger partial charge in [0.05, 0.1) is 0 Å². The molecule has 1 saturated carbocycles. The highest BCUT2D eigenvalue weighted by Crippen LogP contribution is 2.60. The van der Waals surface area contributed by atoms with Gasteiger partial charge in [0.2, 0.25) is 5.90 Å². The summed E-state index contributed by atoms with van der Waals surface area (Å²) in [4.78, 5) is 12.7. The van der Waals surface area contributed by atoms with Crippen LogP contribution in [0.5, 0.6) is 0 Å². The molecule has 1 aliphatic heterocycles. The van der Waals surface area contributed by atoms with E-state index in [0.717, 1.165) is 49.8 Å². The Morgan fingerprint density at radius 2 is 1.84 bits per heavy atom. The van der Waals surface area contributed by atoms with Gasteiger partial charge in [0.1, 0.15) is 5.60 Å². The van der Waals surface area contributed by atoms with Gasteiger partial charge in [-0.1, -0.05) is 30.7 Å². The molecule has 31 heavy (non-hydrogen) atoms. The van der Waals surface area contributed by atoms with Crippen molar-refractivity contribution in [3.63, 3.8) is 0 Å². The number of nitrogens with one attached hydrogen (secondary N) is 1. The number of aryl methyl sites for hydroxylation is 1. The Hall–Kier alpha value is -2.38. The van der Waals surface area contributed by atoms with E-state index in [4.69, 9.17) is 15.4 Å². The molecule has 5 rings (SSSR count). The molecule has 0 bridgehead atoms. The number of fused-ring (bicyclic) bond motifs is 1. The lowest BCUT2D eigenvalue weighted by Gasteiger charge is -2.51. The highest BCUT2D eigenvalue weighted by Gasteiger charge is 2.63. The molecule has 1 saturated heterocycles. The predicted octanol–water partition coefficient (Wildman–Crippen LogP) is 4.74. The fourth-order valence-electron chi connectivity index (χ4n) is 5.73. The Balaban J connectivity index is 1.55. The van der Waals surface area contributed by atoms with Crippen LogP contribution in [0.3, 0.4) is 0 Å². The zero-order valence-electron chi connectivity index (χ0n) is 16.9. The lowest BCUT2D eigenvalue weighted by Crippen LogP contribution is -2.53. The van der Waals surface area contributed by atoms with Crippen LogP contribution in [-0.2, 0) is 25.8 Å². The smallest absolute Gasteiger partial charge is 0.342 e. The predicted molar refractivity (Wildman–Crippen MR) is 120 cm³/mol. The molecule has 1 amide bonds. The molecule has 2 fully saturated rings. The molecule has 6 nitrogen and oxygen atoms in total. The van der Waals surface area contributed by atoms with Gasteiger partial charge in [0.25, 0.3) is 5.91 Å². The number of carbonyl (C=O) groups excluding carboxylic acids is 1. The summed E-state index contributed by atoms with van der Waals surface area (Å²) in [7, 11) is 1.35. The summed E-state index contributed by atoms with van der Waals surface area (Å²) >= 11 is 0. The average molecular weight is 459 g/mol. The van der Waals surface area contributed by atoms with Crippen molar-refractivity contribution in [3.05, 3.63) is 65.2 Å².